The number of aromatic nitrogens is 2. The smallest absolute Gasteiger partial charge is 0.376 e. The molecule has 0 amide bonds. The molecule has 20 heavy (non-hydrogen) atoms. The number of nitrogens with zero attached hydrogens (tertiary/aromatic N) is 2. The van der Waals surface area contributed by atoms with Gasteiger partial charge in [-0.05, 0) is 41.1 Å². The molecule has 0 aliphatic heterocycles. The fourth-order valence-corrected chi connectivity index (χ4v) is 2.01. The first kappa shape index (κ1) is 14.8. The second-order valence-corrected chi connectivity index (χ2v) is 5.04. The maximum Gasteiger partial charge on any atom is 0.416 e. The Hall–Kier alpha value is -1.63. The zero-order valence-electron chi connectivity index (χ0n) is 10.4. The molecule has 0 spiro atoms. The van der Waals surface area contributed by atoms with Crippen LogP contribution in [0.1, 0.15) is 24.2 Å². The van der Waals surface area contributed by atoms with Gasteiger partial charge in [0.25, 0.3) is 0 Å². The van der Waals surface area contributed by atoms with E-state index in [0.717, 1.165) is 12.1 Å². The van der Waals surface area contributed by atoms with Crippen molar-refractivity contribution in [1.29, 1.82) is 0 Å². The fraction of sp³-hybridized carbons (Fsp3) is 0.231. The third-order valence-electron chi connectivity index (χ3n) is 2.69. The topological polar surface area (TPSA) is 37.8 Å². The second-order valence-electron chi connectivity index (χ2n) is 4.19. The van der Waals surface area contributed by atoms with E-state index < -0.39 is 11.7 Å². The Labute approximate surface area is 122 Å². The lowest BCUT2D eigenvalue weighted by Crippen LogP contribution is -2.11. The summed E-state index contributed by atoms with van der Waals surface area (Å²) in [7, 11) is 0. The Morgan fingerprint density at radius 2 is 2.00 bits per heavy atom. The molecule has 0 aliphatic rings. The van der Waals surface area contributed by atoms with Crippen LogP contribution in [0.25, 0.3) is 0 Å². The summed E-state index contributed by atoms with van der Waals surface area (Å²) in [6.07, 6.45) is 0.275. The van der Waals surface area contributed by atoms with Gasteiger partial charge in [-0.15, -0.1) is 0 Å². The maximum atomic E-state index is 12.7. The van der Waals surface area contributed by atoms with Crippen LogP contribution in [0.5, 0.6) is 0 Å². The zero-order chi connectivity index (χ0) is 14.8. The van der Waals surface area contributed by atoms with Crippen molar-refractivity contribution in [3.8, 4) is 0 Å². The summed E-state index contributed by atoms with van der Waals surface area (Å²) in [5.74, 6) is 0. The van der Waals surface area contributed by atoms with E-state index in [0.29, 0.717) is 15.9 Å². The first-order valence-electron chi connectivity index (χ1n) is 5.77. The highest BCUT2D eigenvalue weighted by molar-refractivity contribution is 9.10. The van der Waals surface area contributed by atoms with Gasteiger partial charge < -0.3 is 5.32 Å². The summed E-state index contributed by atoms with van der Waals surface area (Å²) < 4.78 is 38.6. The average molecular weight is 346 g/mol. The Morgan fingerprint density at radius 1 is 1.25 bits per heavy atom. The molecule has 0 radical (unpaired) electrons. The van der Waals surface area contributed by atoms with Crippen molar-refractivity contribution in [3.05, 3.63) is 52.5 Å². The molecule has 1 atom stereocenters. The van der Waals surface area contributed by atoms with Crippen LogP contribution in [-0.2, 0) is 6.18 Å². The highest BCUT2D eigenvalue weighted by Gasteiger charge is 2.31. The van der Waals surface area contributed by atoms with Gasteiger partial charge in [0, 0.05) is 22.6 Å². The van der Waals surface area contributed by atoms with E-state index in [1.54, 1.807) is 13.1 Å². The first-order chi connectivity index (χ1) is 9.38. The minimum atomic E-state index is -4.37. The van der Waals surface area contributed by atoms with Gasteiger partial charge in [0.15, 0.2) is 0 Å². The van der Waals surface area contributed by atoms with Gasteiger partial charge in [-0.25, -0.2) is 0 Å². The Morgan fingerprint density at radius 3 is 2.60 bits per heavy atom. The molecule has 2 aromatic rings. The van der Waals surface area contributed by atoms with Crippen LogP contribution in [0.2, 0.25) is 0 Å². The van der Waals surface area contributed by atoms with Gasteiger partial charge in [0.05, 0.1) is 23.5 Å². The number of anilines is 1. The molecule has 1 aromatic carbocycles. The van der Waals surface area contributed by atoms with Crippen LogP contribution in [0.3, 0.4) is 0 Å². The SMILES string of the molecule is CC(Nc1cc(C(F)(F)F)ccc1Br)c1cnccn1. The quantitative estimate of drug-likeness (QED) is 0.893. The standard InChI is InChI=1S/C13H11BrF3N3/c1-8(12-7-18-4-5-19-12)20-11-6-9(13(15,16)17)2-3-10(11)14/h2-8,20H,1H3. The number of benzene rings is 1. The van der Waals surface area contributed by atoms with Crippen LogP contribution in [-0.4, -0.2) is 9.97 Å². The Kier molecular flexibility index (Phi) is 4.27. The molecule has 0 saturated heterocycles. The van der Waals surface area contributed by atoms with E-state index >= 15 is 0 Å². The van der Waals surface area contributed by atoms with Crippen LogP contribution in [0.4, 0.5) is 18.9 Å². The predicted octanol–water partition coefficient (Wildman–Crippen LogP) is 4.43. The molecule has 3 nitrogen and oxygen atoms in total. The number of rotatable bonds is 3. The molecule has 0 bridgehead atoms. The second kappa shape index (κ2) is 5.78. The van der Waals surface area contributed by atoms with E-state index in [9.17, 15) is 13.2 Å². The van der Waals surface area contributed by atoms with Gasteiger partial charge in [-0.3, -0.25) is 9.97 Å². The Balaban J connectivity index is 2.25. The lowest BCUT2D eigenvalue weighted by atomic mass is 10.1. The number of hydrogen-bond donors (Lipinski definition) is 1. The van der Waals surface area contributed by atoms with Crippen molar-refractivity contribution in [2.45, 2.75) is 19.1 Å². The van der Waals surface area contributed by atoms with Crippen molar-refractivity contribution in [3.63, 3.8) is 0 Å². The molecule has 1 N–H and O–H groups in total. The van der Waals surface area contributed by atoms with Crippen molar-refractivity contribution >= 4 is 21.6 Å². The summed E-state index contributed by atoms with van der Waals surface area (Å²) in [6.45, 7) is 1.80. The summed E-state index contributed by atoms with van der Waals surface area (Å²) in [5, 5.41) is 2.99. The maximum absolute atomic E-state index is 12.7. The fourth-order valence-electron chi connectivity index (χ4n) is 1.65. The van der Waals surface area contributed by atoms with Crippen molar-refractivity contribution < 1.29 is 13.2 Å². The molecule has 1 heterocycles. The van der Waals surface area contributed by atoms with Gasteiger partial charge in [-0.2, -0.15) is 13.2 Å². The minimum absolute atomic E-state index is 0.261. The summed E-state index contributed by atoms with van der Waals surface area (Å²) >= 11 is 3.23. The minimum Gasteiger partial charge on any atom is -0.376 e. The van der Waals surface area contributed by atoms with E-state index in [4.69, 9.17) is 0 Å². The van der Waals surface area contributed by atoms with Crippen molar-refractivity contribution in [2.75, 3.05) is 5.32 Å². The van der Waals surface area contributed by atoms with Crippen LogP contribution in [0.15, 0.2) is 41.3 Å². The summed E-state index contributed by atoms with van der Waals surface area (Å²) in [4.78, 5) is 8.05. The van der Waals surface area contributed by atoms with Crippen molar-refractivity contribution in [1.82, 2.24) is 9.97 Å². The summed E-state index contributed by atoms with van der Waals surface area (Å²) in [6, 6.07) is 3.21. The number of alkyl halides is 3. The number of nitrogens with one attached hydrogen (secondary N) is 1. The van der Waals surface area contributed by atoms with E-state index in [2.05, 4.69) is 31.2 Å². The van der Waals surface area contributed by atoms with Gasteiger partial charge in [0.2, 0.25) is 0 Å². The molecule has 0 fully saturated rings. The van der Waals surface area contributed by atoms with Crippen LogP contribution in [0, 0.1) is 0 Å². The van der Waals surface area contributed by atoms with E-state index in [1.807, 2.05) is 0 Å². The van der Waals surface area contributed by atoms with Crippen molar-refractivity contribution in [2.24, 2.45) is 0 Å². The first-order valence-corrected chi connectivity index (χ1v) is 6.56. The lowest BCUT2D eigenvalue weighted by Gasteiger charge is -2.17. The highest BCUT2D eigenvalue weighted by Crippen LogP contribution is 2.35. The molecule has 0 aliphatic carbocycles. The average Bonchev–Trinajstić information content (AvgIpc) is 2.41. The third-order valence-corrected chi connectivity index (χ3v) is 3.38. The summed E-state index contributed by atoms with van der Waals surface area (Å²) in [5.41, 5.74) is 0.310. The number of hydrogen-bond acceptors (Lipinski definition) is 3. The highest BCUT2D eigenvalue weighted by atomic mass is 79.9. The van der Waals surface area contributed by atoms with Gasteiger partial charge in [0.1, 0.15) is 0 Å². The van der Waals surface area contributed by atoms with Crippen LogP contribution < -0.4 is 5.32 Å². The number of halogens is 4. The largest absolute Gasteiger partial charge is 0.416 e. The molecular weight excluding hydrogens is 335 g/mol. The molecule has 1 unspecified atom stereocenters. The van der Waals surface area contributed by atoms with E-state index in [-0.39, 0.29) is 6.04 Å². The van der Waals surface area contributed by atoms with Crippen LogP contribution >= 0.6 is 15.9 Å². The van der Waals surface area contributed by atoms with E-state index in [1.165, 1.54) is 18.5 Å². The molecular formula is C13H11BrF3N3. The molecule has 106 valence electrons. The van der Waals surface area contributed by atoms with Gasteiger partial charge in [-0.1, -0.05) is 0 Å². The third kappa shape index (κ3) is 3.47. The lowest BCUT2D eigenvalue weighted by molar-refractivity contribution is -0.137. The molecule has 0 saturated carbocycles. The normalized spacial score (nSPS) is 13.1. The zero-order valence-corrected chi connectivity index (χ0v) is 12.0. The monoisotopic (exact) mass is 345 g/mol. The van der Waals surface area contributed by atoms with Gasteiger partial charge >= 0.3 is 6.18 Å². The molecule has 7 heteroatoms. The molecule has 2 rings (SSSR count). The molecule has 1 aromatic heterocycles. The Bertz CT molecular complexity index is 587. The predicted molar refractivity (Wildman–Crippen MR) is 73.2 cm³/mol.